The van der Waals surface area contributed by atoms with Gasteiger partial charge >= 0.3 is 6.09 Å². The Labute approximate surface area is 119 Å². The van der Waals surface area contributed by atoms with Gasteiger partial charge in [-0.3, -0.25) is 4.79 Å². The smallest absolute Gasteiger partial charge is 0.405 e. The summed E-state index contributed by atoms with van der Waals surface area (Å²) in [5, 5.41) is 22.0. The number of amides is 2. The van der Waals surface area contributed by atoms with E-state index in [4.69, 9.17) is 16.7 Å². The molecule has 1 aromatic carbocycles. The first-order chi connectivity index (χ1) is 9.32. The summed E-state index contributed by atoms with van der Waals surface area (Å²) in [5.74, 6) is -1.42. The SMILES string of the molecule is C[C@@H](O)[C@H](NC(=O)O)C(=O)NCc1cccc(Cl)c1F. The molecule has 0 aromatic heterocycles. The Bertz CT molecular complexity index is 510. The summed E-state index contributed by atoms with van der Waals surface area (Å²) in [6.45, 7) is 1.09. The standard InChI is InChI=1S/C12H14ClFN2O4/c1-6(17)10(16-12(19)20)11(18)15-5-7-3-2-4-8(13)9(7)14/h2-4,6,10,16-17H,5H2,1H3,(H,15,18)(H,19,20)/t6-,10+/m1/s1. The number of benzene rings is 1. The zero-order chi connectivity index (χ0) is 15.3. The van der Waals surface area contributed by atoms with Crippen LogP contribution in [0.2, 0.25) is 5.02 Å². The van der Waals surface area contributed by atoms with Crippen LogP contribution in [0.4, 0.5) is 9.18 Å². The zero-order valence-corrected chi connectivity index (χ0v) is 11.3. The summed E-state index contributed by atoms with van der Waals surface area (Å²) in [5.41, 5.74) is 0.158. The number of carboxylic acid groups (broad SMARTS) is 1. The maximum absolute atomic E-state index is 13.6. The molecule has 0 aliphatic rings. The molecule has 110 valence electrons. The number of hydrogen-bond acceptors (Lipinski definition) is 3. The molecule has 2 amide bonds. The lowest BCUT2D eigenvalue weighted by atomic mass is 10.1. The Morgan fingerprint density at radius 2 is 2.10 bits per heavy atom. The van der Waals surface area contributed by atoms with Crippen LogP contribution in [0, 0.1) is 5.82 Å². The highest BCUT2D eigenvalue weighted by molar-refractivity contribution is 6.30. The van der Waals surface area contributed by atoms with Gasteiger partial charge in [0.1, 0.15) is 11.9 Å². The fourth-order valence-corrected chi connectivity index (χ4v) is 1.71. The van der Waals surface area contributed by atoms with Gasteiger partial charge in [-0.1, -0.05) is 23.7 Å². The highest BCUT2D eigenvalue weighted by atomic mass is 35.5. The largest absolute Gasteiger partial charge is 0.465 e. The summed E-state index contributed by atoms with van der Waals surface area (Å²) < 4.78 is 13.6. The lowest BCUT2D eigenvalue weighted by Crippen LogP contribution is -2.51. The maximum Gasteiger partial charge on any atom is 0.405 e. The summed E-state index contributed by atoms with van der Waals surface area (Å²) in [4.78, 5) is 22.2. The van der Waals surface area contributed by atoms with E-state index in [1.807, 2.05) is 5.32 Å². The van der Waals surface area contributed by atoms with Crippen LogP contribution >= 0.6 is 11.6 Å². The molecule has 20 heavy (non-hydrogen) atoms. The van der Waals surface area contributed by atoms with Gasteiger partial charge in [-0.15, -0.1) is 0 Å². The summed E-state index contributed by atoms with van der Waals surface area (Å²) in [6, 6.07) is 2.99. The van der Waals surface area contributed by atoms with Crippen molar-refractivity contribution in [2.45, 2.75) is 25.6 Å². The summed E-state index contributed by atoms with van der Waals surface area (Å²) in [6.07, 6.45) is -2.67. The molecule has 0 radical (unpaired) electrons. The van der Waals surface area contributed by atoms with Crippen LogP contribution in [-0.4, -0.2) is 34.4 Å². The van der Waals surface area contributed by atoms with E-state index in [2.05, 4.69) is 5.32 Å². The van der Waals surface area contributed by atoms with E-state index in [0.717, 1.165) is 0 Å². The highest BCUT2D eigenvalue weighted by Gasteiger charge is 2.25. The Kier molecular flexibility index (Phi) is 5.72. The second-order valence-electron chi connectivity index (χ2n) is 4.10. The van der Waals surface area contributed by atoms with E-state index in [1.54, 1.807) is 0 Å². The number of aliphatic hydroxyl groups excluding tert-OH is 1. The third-order valence-electron chi connectivity index (χ3n) is 2.53. The first kappa shape index (κ1) is 16.2. The van der Waals surface area contributed by atoms with Crippen molar-refractivity contribution in [3.05, 3.63) is 34.6 Å². The van der Waals surface area contributed by atoms with Crippen LogP contribution in [0.15, 0.2) is 18.2 Å². The second kappa shape index (κ2) is 7.06. The van der Waals surface area contributed by atoms with Gasteiger partial charge in [0, 0.05) is 12.1 Å². The molecule has 0 saturated heterocycles. The predicted octanol–water partition coefficient (Wildman–Crippen LogP) is 1.11. The van der Waals surface area contributed by atoms with Crippen LogP contribution in [0.3, 0.4) is 0 Å². The van der Waals surface area contributed by atoms with E-state index < -0.39 is 30.0 Å². The minimum atomic E-state index is -1.44. The molecule has 0 spiro atoms. The number of carbonyl (C=O) groups excluding carboxylic acids is 1. The number of aliphatic hydroxyl groups is 1. The van der Waals surface area contributed by atoms with Crippen molar-refractivity contribution in [3.63, 3.8) is 0 Å². The monoisotopic (exact) mass is 304 g/mol. The molecular formula is C12H14ClFN2O4. The molecule has 0 heterocycles. The number of hydrogen-bond donors (Lipinski definition) is 4. The van der Waals surface area contributed by atoms with Gasteiger partial charge in [-0.2, -0.15) is 0 Å². The minimum Gasteiger partial charge on any atom is -0.465 e. The van der Waals surface area contributed by atoms with Crippen molar-refractivity contribution < 1.29 is 24.2 Å². The number of halogens is 2. The quantitative estimate of drug-likeness (QED) is 0.655. The highest BCUT2D eigenvalue weighted by Crippen LogP contribution is 2.17. The first-order valence-electron chi connectivity index (χ1n) is 5.71. The second-order valence-corrected chi connectivity index (χ2v) is 4.51. The van der Waals surface area contributed by atoms with E-state index in [1.165, 1.54) is 25.1 Å². The van der Waals surface area contributed by atoms with Crippen LogP contribution in [-0.2, 0) is 11.3 Å². The molecule has 0 aliphatic carbocycles. The molecule has 0 aliphatic heterocycles. The van der Waals surface area contributed by atoms with Crippen molar-refractivity contribution in [2.75, 3.05) is 0 Å². The Hall–Kier alpha value is -1.86. The first-order valence-corrected chi connectivity index (χ1v) is 6.09. The van der Waals surface area contributed by atoms with Gasteiger partial charge < -0.3 is 20.8 Å². The fourth-order valence-electron chi connectivity index (χ4n) is 1.52. The molecule has 1 aromatic rings. The third kappa shape index (κ3) is 4.36. The third-order valence-corrected chi connectivity index (χ3v) is 2.82. The molecule has 0 bridgehead atoms. The van der Waals surface area contributed by atoms with Crippen molar-refractivity contribution in [3.8, 4) is 0 Å². The summed E-state index contributed by atoms with van der Waals surface area (Å²) in [7, 11) is 0. The van der Waals surface area contributed by atoms with Crippen molar-refractivity contribution in [1.82, 2.24) is 10.6 Å². The van der Waals surface area contributed by atoms with Crippen LogP contribution in [0.5, 0.6) is 0 Å². The average molecular weight is 305 g/mol. The molecule has 1 rings (SSSR count). The normalized spacial score (nSPS) is 13.4. The molecule has 2 atom stereocenters. The fraction of sp³-hybridized carbons (Fsp3) is 0.333. The minimum absolute atomic E-state index is 0.0764. The van der Waals surface area contributed by atoms with E-state index >= 15 is 0 Å². The Morgan fingerprint density at radius 3 is 2.65 bits per heavy atom. The Morgan fingerprint density at radius 1 is 1.45 bits per heavy atom. The zero-order valence-electron chi connectivity index (χ0n) is 10.6. The van der Waals surface area contributed by atoms with Crippen molar-refractivity contribution in [2.24, 2.45) is 0 Å². The van der Waals surface area contributed by atoms with Crippen LogP contribution < -0.4 is 10.6 Å². The molecule has 8 heteroatoms. The molecule has 4 N–H and O–H groups in total. The van der Waals surface area contributed by atoms with Gasteiger partial charge in [0.2, 0.25) is 5.91 Å². The van der Waals surface area contributed by atoms with Gasteiger partial charge in [-0.05, 0) is 13.0 Å². The van der Waals surface area contributed by atoms with Crippen LogP contribution in [0.1, 0.15) is 12.5 Å². The molecule has 0 saturated carbocycles. The van der Waals surface area contributed by atoms with E-state index in [-0.39, 0.29) is 17.1 Å². The number of nitrogens with one attached hydrogen (secondary N) is 2. The van der Waals surface area contributed by atoms with Gasteiger partial charge in [0.15, 0.2) is 0 Å². The van der Waals surface area contributed by atoms with E-state index in [9.17, 15) is 19.1 Å². The van der Waals surface area contributed by atoms with Gasteiger partial charge in [0.25, 0.3) is 0 Å². The van der Waals surface area contributed by atoms with E-state index in [0.29, 0.717) is 0 Å². The molecule has 0 fully saturated rings. The molecule has 6 nitrogen and oxygen atoms in total. The molecule has 0 unspecified atom stereocenters. The van der Waals surface area contributed by atoms with Gasteiger partial charge in [-0.25, -0.2) is 9.18 Å². The summed E-state index contributed by atoms with van der Waals surface area (Å²) >= 11 is 5.59. The number of carbonyl (C=O) groups is 2. The molecular weight excluding hydrogens is 291 g/mol. The lowest BCUT2D eigenvalue weighted by Gasteiger charge is -2.19. The topological polar surface area (TPSA) is 98.7 Å². The van der Waals surface area contributed by atoms with Crippen molar-refractivity contribution >= 4 is 23.6 Å². The Balaban J connectivity index is 2.70. The van der Waals surface area contributed by atoms with Crippen molar-refractivity contribution in [1.29, 1.82) is 0 Å². The number of rotatable bonds is 5. The van der Waals surface area contributed by atoms with Crippen LogP contribution in [0.25, 0.3) is 0 Å². The lowest BCUT2D eigenvalue weighted by molar-refractivity contribution is -0.125. The van der Waals surface area contributed by atoms with Gasteiger partial charge in [0.05, 0.1) is 11.1 Å². The predicted molar refractivity (Wildman–Crippen MR) is 69.9 cm³/mol. The average Bonchev–Trinajstić information content (AvgIpc) is 2.37. The maximum atomic E-state index is 13.6.